The third kappa shape index (κ3) is 3.30. The van der Waals surface area contributed by atoms with Crippen molar-refractivity contribution in [2.75, 3.05) is 13.6 Å². The smallest absolute Gasteiger partial charge is 0.312 e. The van der Waals surface area contributed by atoms with Gasteiger partial charge in [-0.3, -0.25) is 9.59 Å². The Morgan fingerprint density at radius 3 is 2.72 bits per heavy atom. The molecule has 1 amide bonds. The number of carbonyl (C=O) groups excluding carboxylic acids is 1. The minimum absolute atomic E-state index is 0.0237. The number of nitrogens with zero attached hydrogens (tertiary/aromatic N) is 1. The average Bonchev–Trinajstić information content (AvgIpc) is 3.11. The second kappa shape index (κ2) is 6.58. The van der Waals surface area contributed by atoms with Crippen LogP contribution in [0.15, 0.2) is 40.6 Å². The van der Waals surface area contributed by atoms with Crippen LogP contribution < -0.4 is 4.72 Å². The lowest BCUT2D eigenvalue weighted by molar-refractivity contribution is -0.139. The maximum Gasteiger partial charge on any atom is 0.312 e. The highest BCUT2D eigenvalue weighted by Gasteiger charge is 2.33. The molecule has 0 bridgehead atoms. The van der Waals surface area contributed by atoms with Crippen molar-refractivity contribution in [2.45, 2.75) is 17.4 Å². The summed E-state index contributed by atoms with van der Waals surface area (Å²) in [5.74, 6) is -2.16. The minimum atomic E-state index is -3.62. The first-order valence-electron chi connectivity index (χ1n) is 7.45. The third-order valence-corrected chi connectivity index (χ3v) is 6.61. The molecule has 0 fully saturated rings. The molecule has 0 saturated carbocycles. The number of amides is 1. The van der Waals surface area contributed by atoms with Gasteiger partial charge in [0.1, 0.15) is 0 Å². The van der Waals surface area contributed by atoms with Gasteiger partial charge in [0.25, 0.3) is 5.91 Å². The topological polar surface area (TPSA) is 104 Å². The van der Waals surface area contributed by atoms with Gasteiger partial charge in [-0.1, -0.05) is 24.3 Å². The normalized spacial score (nSPS) is 17.2. The number of carboxylic acids is 1. The zero-order valence-corrected chi connectivity index (χ0v) is 14.9. The van der Waals surface area contributed by atoms with E-state index < -0.39 is 21.9 Å². The van der Waals surface area contributed by atoms with E-state index in [2.05, 4.69) is 4.72 Å². The minimum Gasteiger partial charge on any atom is -0.481 e. The number of hydrogen-bond acceptors (Lipinski definition) is 5. The number of hydrogen-bond donors (Lipinski definition) is 2. The quantitative estimate of drug-likeness (QED) is 0.836. The Labute approximate surface area is 149 Å². The van der Waals surface area contributed by atoms with Gasteiger partial charge in [-0.25, -0.2) is 13.1 Å². The summed E-state index contributed by atoms with van der Waals surface area (Å²) in [4.78, 5) is 26.0. The molecular weight excluding hydrogens is 364 g/mol. The Balaban J connectivity index is 1.90. The first-order chi connectivity index (χ1) is 11.8. The molecule has 7 nitrogen and oxygen atoms in total. The highest BCUT2D eigenvalue weighted by atomic mass is 32.2. The van der Waals surface area contributed by atoms with E-state index in [1.54, 1.807) is 24.3 Å². The molecule has 1 aromatic carbocycles. The van der Waals surface area contributed by atoms with Crippen LogP contribution in [0.5, 0.6) is 0 Å². The molecule has 2 N–H and O–H groups in total. The Bertz CT molecular complexity index is 936. The molecule has 1 aliphatic heterocycles. The van der Waals surface area contributed by atoms with Gasteiger partial charge in [-0.15, -0.1) is 11.3 Å². The van der Waals surface area contributed by atoms with Crippen LogP contribution in [0, 0.1) is 0 Å². The molecule has 2 heterocycles. The number of rotatable bonds is 4. The number of nitrogens with one attached hydrogen (secondary N) is 1. The van der Waals surface area contributed by atoms with E-state index in [1.165, 1.54) is 23.4 Å². The zero-order chi connectivity index (χ0) is 18.2. The lowest BCUT2D eigenvalue weighted by Gasteiger charge is -2.32. The Hall–Kier alpha value is -2.23. The Morgan fingerprint density at radius 1 is 1.32 bits per heavy atom. The molecule has 1 aliphatic rings. The van der Waals surface area contributed by atoms with Gasteiger partial charge in [-0.2, -0.15) is 0 Å². The molecule has 0 spiro atoms. The second-order valence-electron chi connectivity index (χ2n) is 5.63. The van der Waals surface area contributed by atoms with Crippen LogP contribution in [0.4, 0.5) is 0 Å². The van der Waals surface area contributed by atoms with Crippen LogP contribution in [-0.2, 0) is 21.4 Å². The van der Waals surface area contributed by atoms with Crippen molar-refractivity contribution in [2.24, 2.45) is 0 Å². The predicted molar refractivity (Wildman–Crippen MR) is 92.1 cm³/mol. The van der Waals surface area contributed by atoms with Crippen LogP contribution in [0.3, 0.4) is 0 Å². The van der Waals surface area contributed by atoms with Crippen LogP contribution in [0.1, 0.15) is 26.7 Å². The number of benzene rings is 1. The van der Waals surface area contributed by atoms with Crippen molar-refractivity contribution in [3.8, 4) is 0 Å². The highest BCUT2D eigenvalue weighted by molar-refractivity contribution is 7.89. The van der Waals surface area contributed by atoms with Gasteiger partial charge < -0.3 is 10.0 Å². The molecule has 132 valence electrons. The monoisotopic (exact) mass is 380 g/mol. The Kier molecular flexibility index (Phi) is 4.63. The van der Waals surface area contributed by atoms with Gasteiger partial charge in [0, 0.05) is 18.5 Å². The molecule has 3 rings (SSSR count). The number of aliphatic carboxylic acids is 1. The largest absolute Gasteiger partial charge is 0.481 e. The van der Waals surface area contributed by atoms with Gasteiger partial charge in [0.2, 0.25) is 10.0 Å². The van der Waals surface area contributed by atoms with Crippen LogP contribution in [0.2, 0.25) is 0 Å². The van der Waals surface area contributed by atoms with Crippen molar-refractivity contribution in [3.63, 3.8) is 0 Å². The zero-order valence-electron chi connectivity index (χ0n) is 13.3. The average molecular weight is 380 g/mol. The van der Waals surface area contributed by atoms with Crippen LogP contribution in [-0.4, -0.2) is 43.9 Å². The summed E-state index contributed by atoms with van der Waals surface area (Å²) in [5, 5.41) is 10.9. The molecule has 9 heteroatoms. The summed E-state index contributed by atoms with van der Waals surface area (Å²) in [6.45, 7) is 0.349. The summed E-state index contributed by atoms with van der Waals surface area (Å²) >= 11 is 1.03. The molecule has 25 heavy (non-hydrogen) atoms. The molecule has 1 atom stereocenters. The summed E-state index contributed by atoms with van der Waals surface area (Å²) < 4.78 is 25.8. The van der Waals surface area contributed by atoms with Crippen molar-refractivity contribution < 1.29 is 23.1 Å². The number of sulfonamides is 1. The lowest BCUT2D eigenvalue weighted by Crippen LogP contribution is -2.40. The fraction of sp³-hybridized carbons (Fsp3) is 0.250. The molecule has 1 aromatic heterocycles. The second-order valence-corrected chi connectivity index (χ2v) is 8.43. The molecular formula is C16H16N2O5S2. The fourth-order valence-corrected chi connectivity index (χ4v) is 4.79. The SMILES string of the molecule is CNS(=O)(=O)c1csc(C(=O)N2Cc3ccccc3C(C(=O)O)C2)c1. The summed E-state index contributed by atoms with van der Waals surface area (Å²) in [7, 11) is -2.32. The third-order valence-electron chi connectivity index (χ3n) is 4.15. The molecule has 1 unspecified atom stereocenters. The van der Waals surface area contributed by atoms with Gasteiger partial charge in [-0.05, 0) is 24.2 Å². The van der Waals surface area contributed by atoms with Gasteiger partial charge in [0.05, 0.1) is 15.7 Å². The van der Waals surface area contributed by atoms with Crippen LogP contribution in [0.25, 0.3) is 0 Å². The Morgan fingerprint density at radius 2 is 2.04 bits per heavy atom. The number of carboxylic acid groups (broad SMARTS) is 1. The number of carbonyl (C=O) groups is 2. The molecule has 2 aromatic rings. The summed E-state index contributed by atoms with van der Waals surface area (Å²) in [5.41, 5.74) is 1.50. The first kappa shape index (κ1) is 17.6. The highest BCUT2D eigenvalue weighted by Crippen LogP contribution is 2.30. The maximum absolute atomic E-state index is 12.7. The molecule has 0 saturated heterocycles. The van der Waals surface area contributed by atoms with Crippen molar-refractivity contribution in [1.82, 2.24) is 9.62 Å². The van der Waals surface area contributed by atoms with Crippen molar-refractivity contribution in [3.05, 3.63) is 51.7 Å². The van der Waals surface area contributed by atoms with E-state index in [-0.39, 0.29) is 22.2 Å². The lowest BCUT2D eigenvalue weighted by atomic mass is 9.90. The maximum atomic E-state index is 12.7. The molecule has 0 radical (unpaired) electrons. The predicted octanol–water partition coefficient (Wildman–Crippen LogP) is 1.48. The van der Waals surface area contributed by atoms with Gasteiger partial charge in [0.15, 0.2) is 0 Å². The van der Waals surface area contributed by atoms with Crippen LogP contribution >= 0.6 is 11.3 Å². The van der Waals surface area contributed by atoms with E-state index in [9.17, 15) is 23.1 Å². The number of fused-ring (bicyclic) bond motifs is 1. The number of thiophene rings is 1. The summed E-state index contributed by atoms with van der Waals surface area (Å²) in [6, 6.07) is 8.46. The van der Waals surface area contributed by atoms with E-state index >= 15 is 0 Å². The van der Waals surface area contributed by atoms with E-state index in [0.29, 0.717) is 12.1 Å². The first-order valence-corrected chi connectivity index (χ1v) is 9.81. The van der Waals surface area contributed by atoms with Gasteiger partial charge >= 0.3 is 5.97 Å². The molecule has 0 aliphatic carbocycles. The fourth-order valence-electron chi connectivity index (χ4n) is 2.82. The van der Waals surface area contributed by atoms with E-state index in [4.69, 9.17) is 0 Å². The summed E-state index contributed by atoms with van der Waals surface area (Å²) in [6.07, 6.45) is 0. The van der Waals surface area contributed by atoms with E-state index in [0.717, 1.165) is 16.9 Å². The van der Waals surface area contributed by atoms with Crippen molar-refractivity contribution >= 4 is 33.2 Å². The van der Waals surface area contributed by atoms with E-state index in [1.807, 2.05) is 0 Å². The van der Waals surface area contributed by atoms with Crippen molar-refractivity contribution in [1.29, 1.82) is 0 Å². The standard InChI is InChI=1S/C16H16N2O5S2/c1-17-25(22,23)11-6-14(24-9-11)15(19)18-7-10-4-2-3-5-12(10)13(8-18)16(20)21/h2-6,9,13,17H,7-8H2,1H3,(H,20,21).